The monoisotopic (exact) mass is 1200 g/mol. The number of rotatable bonds is 3. The van der Waals surface area contributed by atoms with Crippen molar-refractivity contribution in [3.63, 3.8) is 0 Å². The number of fused-ring (bicyclic) bond motifs is 11. The van der Waals surface area contributed by atoms with Crippen molar-refractivity contribution >= 4 is 50.4 Å². The summed E-state index contributed by atoms with van der Waals surface area (Å²) in [5.41, 5.74) is 9.30. The molecule has 0 unspecified atom stereocenters. The lowest BCUT2D eigenvalue weighted by molar-refractivity contribution is -0.181. The van der Waals surface area contributed by atoms with Crippen LogP contribution in [0.15, 0.2) is 109 Å². The van der Waals surface area contributed by atoms with Crippen LogP contribution in [0.5, 0.6) is 28.7 Å². The number of aryl methyl sites for hydroxylation is 1. The lowest BCUT2D eigenvalue weighted by Gasteiger charge is -2.66. The second-order valence-electron chi connectivity index (χ2n) is 27.1. The summed E-state index contributed by atoms with van der Waals surface area (Å²) in [5.74, 6) is 7.90. The van der Waals surface area contributed by atoms with E-state index in [1.807, 2.05) is 36.4 Å². The van der Waals surface area contributed by atoms with Gasteiger partial charge in [-0.2, -0.15) is 0 Å². The van der Waals surface area contributed by atoms with Crippen LogP contribution in [-0.2, 0) is 50.3 Å². The number of carbonyl (C=O) groups excluding carboxylic acids is 2. The third-order valence-corrected chi connectivity index (χ3v) is 24.8. The maximum Gasteiger partial charge on any atom is 0.316 e. The van der Waals surface area contributed by atoms with Crippen LogP contribution in [0.1, 0.15) is 134 Å². The molecular weight excluding hydrogens is 1130 g/mol. The summed E-state index contributed by atoms with van der Waals surface area (Å²) in [6.45, 7) is 3.31. The van der Waals surface area contributed by atoms with Crippen molar-refractivity contribution in [2.75, 3.05) is 31.8 Å². The number of phenolic OH excluding ortho intramolecular Hbond substituents is 3. The number of aromatic hydroxyl groups is 3. The molecule has 15 rings (SSSR count). The highest BCUT2D eigenvalue weighted by molar-refractivity contribution is 8.76. The molecule has 4 fully saturated rings. The van der Waals surface area contributed by atoms with Gasteiger partial charge in [-0.1, -0.05) is 113 Å². The highest BCUT2D eigenvalue weighted by Gasteiger charge is 2.68. The first kappa shape index (κ1) is 56.9. The average Bonchev–Trinajstić information content (AvgIpc) is 0.858. The van der Waals surface area contributed by atoms with Crippen molar-refractivity contribution in [2.24, 2.45) is 40.4 Å². The van der Waals surface area contributed by atoms with Gasteiger partial charge in [-0.25, -0.2) is 0 Å². The minimum absolute atomic E-state index is 0.0356. The molecule has 5 N–H and O–H groups in total. The van der Waals surface area contributed by atoms with Crippen molar-refractivity contribution < 1.29 is 49.0 Å². The van der Waals surface area contributed by atoms with Gasteiger partial charge >= 0.3 is 11.9 Å². The number of esters is 2. The van der Waals surface area contributed by atoms with E-state index >= 15 is 4.79 Å². The molecule has 11 nitrogen and oxygen atoms in total. The maximum absolute atomic E-state index is 17.0. The van der Waals surface area contributed by atoms with Crippen LogP contribution in [0.2, 0.25) is 0 Å². The summed E-state index contributed by atoms with van der Waals surface area (Å²) in [5, 5.41) is 53.9. The summed E-state index contributed by atoms with van der Waals surface area (Å²) in [6.07, 6.45) is 9.62. The first-order valence-corrected chi connectivity index (χ1v) is 34.3. The van der Waals surface area contributed by atoms with Gasteiger partial charge in [-0.3, -0.25) is 9.59 Å². The molecule has 12 atom stereocenters. The number of aliphatic hydroxyl groups excluding tert-OH is 1. The number of hydrogen-bond donors (Lipinski definition) is 5. The molecule has 11 bridgehead atoms. The summed E-state index contributed by atoms with van der Waals surface area (Å²) in [6, 6.07) is 34.9. The zero-order chi connectivity index (χ0) is 59.3. The van der Waals surface area contributed by atoms with Crippen LogP contribution in [0.25, 0.3) is 28.0 Å². The van der Waals surface area contributed by atoms with Gasteiger partial charge in [0.1, 0.15) is 18.0 Å². The first-order chi connectivity index (χ1) is 42.3. The molecular formula is C74H77NO10S2. The SMILES string of the molecule is COc1cc2c(cc1O)[C@H]1C[C@H](O)[C@@H]3Cc4cc(O)c5cc4[C@@H]4C[C@@H](C[C@@H](OC(C)=O)[C@H](C2)[C@@]1(C1=Cc2ccccc2CC1)[C@H]34)OC(=O)[C@@]12C[C@H](C#CC3(CCCC3)CNCc3cccc(c3)-c3cc(O)cc4ccc1cc34)C[C@H](CSSCCO5)C2. The number of methoxy groups -OCH3 is 1. The van der Waals surface area contributed by atoms with Crippen LogP contribution in [0.4, 0.5) is 0 Å². The van der Waals surface area contributed by atoms with Gasteiger partial charge < -0.3 is 44.7 Å². The van der Waals surface area contributed by atoms with Gasteiger partial charge in [0, 0.05) is 60.6 Å². The number of allylic oxidation sites excluding steroid dienone is 1. The van der Waals surface area contributed by atoms with E-state index in [4.69, 9.17) is 18.9 Å². The quantitative estimate of drug-likeness (QED) is 0.0647. The number of benzene rings is 6. The van der Waals surface area contributed by atoms with E-state index in [9.17, 15) is 25.2 Å². The molecule has 87 heavy (non-hydrogen) atoms. The Morgan fingerprint density at radius 3 is 2.55 bits per heavy atom. The van der Waals surface area contributed by atoms with Gasteiger partial charge in [-0.15, -0.1) is 0 Å². The minimum atomic E-state index is -1.17. The summed E-state index contributed by atoms with van der Waals surface area (Å²) in [7, 11) is 5.11. The predicted molar refractivity (Wildman–Crippen MR) is 341 cm³/mol. The van der Waals surface area contributed by atoms with Crippen LogP contribution in [0, 0.1) is 52.3 Å². The zero-order valence-electron chi connectivity index (χ0n) is 49.7. The summed E-state index contributed by atoms with van der Waals surface area (Å²) < 4.78 is 26.9. The Labute approximate surface area is 517 Å². The number of ether oxygens (including phenoxy) is 4. The first-order valence-electron chi connectivity index (χ1n) is 31.9. The average molecular weight is 1200 g/mol. The van der Waals surface area contributed by atoms with Crippen LogP contribution < -0.4 is 14.8 Å². The third-order valence-electron chi connectivity index (χ3n) is 22.3. The molecule has 0 radical (unpaired) electrons. The van der Waals surface area contributed by atoms with E-state index in [0.717, 1.165) is 118 Å². The fourth-order valence-corrected chi connectivity index (χ4v) is 21.1. The lowest BCUT2D eigenvalue weighted by Crippen LogP contribution is -2.64. The molecule has 9 aliphatic rings. The molecule has 2 aliphatic heterocycles. The lowest BCUT2D eigenvalue weighted by atomic mass is 9.38. The topological polar surface area (TPSA) is 164 Å². The van der Waals surface area contributed by atoms with E-state index in [0.29, 0.717) is 68.9 Å². The molecule has 6 aromatic carbocycles. The van der Waals surface area contributed by atoms with Gasteiger partial charge in [0.2, 0.25) is 0 Å². The Morgan fingerprint density at radius 1 is 0.828 bits per heavy atom. The molecule has 7 aliphatic carbocycles. The molecule has 0 saturated heterocycles. The minimum Gasteiger partial charge on any atom is -0.508 e. The Bertz CT molecular complexity index is 3840. The normalized spacial score (nSPS) is 31.3. The molecule has 2 heterocycles. The van der Waals surface area contributed by atoms with Crippen molar-refractivity contribution in [3.8, 4) is 51.7 Å². The smallest absolute Gasteiger partial charge is 0.316 e. The largest absolute Gasteiger partial charge is 0.508 e. The number of hydrogen-bond acceptors (Lipinski definition) is 13. The maximum atomic E-state index is 17.0. The Hall–Kier alpha value is -6.56. The fraction of sp³-hybridized carbons (Fsp3) is 0.459. The fourth-order valence-electron chi connectivity index (χ4n) is 18.8. The van der Waals surface area contributed by atoms with Gasteiger partial charge in [0.25, 0.3) is 0 Å². The van der Waals surface area contributed by atoms with E-state index in [2.05, 4.69) is 90.0 Å². The van der Waals surface area contributed by atoms with E-state index in [-0.39, 0.29) is 76.5 Å². The Morgan fingerprint density at radius 2 is 1.69 bits per heavy atom. The number of phenols is 3. The molecule has 6 aromatic rings. The third kappa shape index (κ3) is 9.89. The van der Waals surface area contributed by atoms with E-state index in [1.165, 1.54) is 18.1 Å². The molecule has 0 amide bonds. The van der Waals surface area contributed by atoms with Crippen molar-refractivity contribution in [1.82, 2.24) is 5.32 Å². The highest BCUT2D eigenvalue weighted by Crippen LogP contribution is 2.72. The Kier molecular flexibility index (Phi) is 14.7. The van der Waals surface area contributed by atoms with Crippen molar-refractivity contribution in [1.29, 1.82) is 0 Å². The van der Waals surface area contributed by atoms with Crippen LogP contribution in [0.3, 0.4) is 0 Å². The zero-order valence-corrected chi connectivity index (χ0v) is 51.3. The second-order valence-corrected chi connectivity index (χ2v) is 29.7. The van der Waals surface area contributed by atoms with Crippen LogP contribution in [-0.4, -0.2) is 82.4 Å². The second kappa shape index (κ2) is 22.5. The highest BCUT2D eigenvalue weighted by atomic mass is 33.1. The summed E-state index contributed by atoms with van der Waals surface area (Å²) in [4.78, 5) is 31.1. The van der Waals surface area contributed by atoms with Gasteiger partial charge in [0.15, 0.2) is 23.0 Å². The molecule has 0 aromatic heterocycles. The van der Waals surface area contributed by atoms with E-state index < -0.39 is 35.1 Å². The molecule has 4 saturated carbocycles. The number of carbonyl (C=O) groups is 2. The van der Waals surface area contributed by atoms with Gasteiger partial charge in [0.05, 0.1) is 25.2 Å². The van der Waals surface area contributed by atoms with Crippen molar-refractivity contribution in [2.45, 2.75) is 139 Å². The number of aliphatic hydroxyl groups is 1. The molecule has 13 heteroatoms. The van der Waals surface area contributed by atoms with Crippen molar-refractivity contribution in [3.05, 3.63) is 153 Å². The molecule has 2 spiro atoms. The predicted octanol–water partition coefficient (Wildman–Crippen LogP) is 13.7. The van der Waals surface area contributed by atoms with Gasteiger partial charge in [-0.05, 0) is 215 Å². The number of nitrogens with one attached hydrogen (secondary N) is 1. The Balaban J connectivity index is 0.952. The standard InChI is InChI=1S/C74H77NO10S2/c1-42(76)84-67-33-55-32-60-58-35-69(65(79)28-50(58)26-61-64(78)36-62-59-34-66(80)68(82-2)29-51(59)27-63(67)74(62,70(60)61)53-15-12-46-9-3-4-10-47(46)24-53)83-20-21-86-87-40-45-22-43-16-19-72(17-5-6-18-72)41-75-39-44-8-7-11-48(23-44)57-31-54(77)25-49-13-14-52(30-56(49)57)73(37-43,38-45)71(81)85-55/h3-4,7-11,13-14,23-25,28-31,34-35,43,45,55,60-64,67,70,75,77-80H,5-6,12,15,17-18,20-22,26-27,32-33,36-41H2,1-2H3/t43-,45+,55+,60+,61+,62-,63+,64+,67-,70+,73-,74+/m1/s1. The summed E-state index contributed by atoms with van der Waals surface area (Å²) >= 11 is 0. The van der Waals surface area contributed by atoms with E-state index in [1.54, 1.807) is 28.7 Å². The molecule has 450 valence electrons. The van der Waals surface area contributed by atoms with Crippen LogP contribution >= 0.6 is 21.6 Å².